The zero-order chi connectivity index (χ0) is 13.4. The fourth-order valence-electron chi connectivity index (χ4n) is 1.95. The van der Waals surface area contributed by atoms with Crippen LogP contribution in [-0.2, 0) is 10.0 Å². The van der Waals surface area contributed by atoms with Crippen molar-refractivity contribution in [3.63, 3.8) is 0 Å². The molecule has 1 aliphatic carbocycles. The minimum absolute atomic E-state index is 0.109. The van der Waals surface area contributed by atoms with E-state index in [1.54, 1.807) is 12.1 Å². The SMILES string of the molecule is Cc1ccc(S(=O)(=O)NCC2(N)CCC2)c(Cl)c1. The topological polar surface area (TPSA) is 72.2 Å². The Morgan fingerprint density at radius 1 is 1.44 bits per heavy atom. The van der Waals surface area contributed by atoms with Gasteiger partial charge in [-0.25, -0.2) is 13.1 Å². The van der Waals surface area contributed by atoms with Crippen molar-refractivity contribution in [1.29, 1.82) is 0 Å². The van der Waals surface area contributed by atoms with Gasteiger partial charge in [0, 0.05) is 12.1 Å². The Balaban J connectivity index is 2.15. The van der Waals surface area contributed by atoms with E-state index in [9.17, 15) is 8.42 Å². The fourth-order valence-corrected chi connectivity index (χ4v) is 3.68. The Kier molecular flexibility index (Phi) is 3.69. The lowest BCUT2D eigenvalue weighted by Crippen LogP contribution is -2.54. The molecule has 0 aromatic heterocycles. The monoisotopic (exact) mass is 288 g/mol. The summed E-state index contributed by atoms with van der Waals surface area (Å²) in [5.74, 6) is 0. The van der Waals surface area contributed by atoms with Gasteiger partial charge in [-0.2, -0.15) is 0 Å². The first-order valence-corrected chi connectivity index (χ1v) is 7.73. The van der Waals surface area contributed by atoms with E-state index in [0.717, 1.165) is 24.8 Å². The number of hydrogen-bond donors (Lipinski definition) is 2. The summed E-state index contributed by atoms with van der Waals surface area (Å²) in [4.78, 5) is 0.109. The second kappa shape index (κ2) is 4.81. The molecule has 2 rings (SSSR count). The first kappa shape index (κ1) is 13.8. The predicted octanol–water partition coefficient (Wildman–Crippen LogP) is 1.81. The summed E-state index contributed by atoms with van der Waals surface area (Å²) >= 11 is 5.96. The molecule has 1 saturated carbocycles. The van der Waals surface area contributed by atoms with Gasteiger partial charge in [0.05, 0.1) is 5.02 Å². The van der Waals surface area contributed by atoms with Gasteiger partial charge in [-0.1, -0.05) is 17.7 Å². The van der Waals surface area contributed by atoms with Crippen LogP contribution in [0.1, 0.15) is 24.8 Å². The maximum Gasteiger partial charge on any atom is 0.242 e. The van der Waals surface area contributed by atoms with Gasteiger partial charge in [0.25, 0.3) is 0 Å². The molecule has 1 aliphatic rings. The third-order valence-corrected chi connectivity index (χ3v) is 5.22. The number of halogens is 1. The molecule has 0 atom stereocenters. The summed E-state index contributed by atoms with van der Waals surface area (Å²) in [5, 5.41) is 0.238. The van der Waals surface area contributed by atoms with Crippen LogP contribution in [0.4, 0.5) is 0 Å². The zero-order valence-corrected chi connectivity index (χ0v) is 11.8. The largest absolute Gasteiger partial charge is 0.324 e. The Hall–Kier alpha value is -0.620. The number of nitrogens with one attached hydrogen (secondary N) is 1. The average molecular weight is 289 g/mol. The normalized spacial score (nSPS) is 18.4. The summed E-state index contributed by atoms with van der Waals surface area (Å²) in [6.07, 6.45) is 2.78. The van der Waals surface area contributed by atoms with Crippen LogP contribution < -0.4 is 10.5 Å². The molecule has 6 heteroatoms. The first-order valence-electron chi connectivity index (χ1n) is 5.87. The molecule has 1 fully saturated rings. The number of sulfonamides is 1. The summed E-state index contributed by atoms with van der Waals surface area (Å²) in [5.41, 5.74) is 6.53. The van der Waals surface area contributed by atoms with Gasteiger partial charge in [-0.15, -0.1) is 0 Å². The van der Waals surface area contributed by atoms with E-state index in [-0.39, 0.29) is 22.0 Å². The highest BCUT2D eigenvalue weighted by molar-refractivity contribution is 7.89. The molecule has 1 aromatic carbocycles. The van der Waals surface area contributed by atoms with E-state index in [2.05, 4.69) is 4.72 Å². The van der Waals surface area contributed by atoms with Crippen LogP contribution >= 0.6 is 11.6 Å². The number of rotatable bonds is 4. The number of aryl methyl sites for hydroxylation is 1. The molecule has 3 N–H and O–H groups in total. The van der Waals surface area contributed by atoms with Crippen molar-refractivity contribution >= 4 is 21.6 Å². The minimum Gasteiger partial charge on any atom is -0.324 e. The standard InChI is InChI=1S/C12H17ClN2O2S/c1-9-3-4-11(10(13)7-9)18(16,17)15-8-12(14)5-2-6-12/h3-4,7,15H,2,5-6,8,14H2,1H3. The Morgan fingerprint density at radius 3 is 2.61 bits per heavy atom. The average Bonchev–Trinajstić information content (AvgIpc) is 2.23. The quantitative estimate of drug-likeness (QED) is 0.887. The molecule has 0 heterocycles. The van der Waals surface area contributed by atoms with E-state index >= 15 is 0 Å². The molecular weight excluding hydrogens is 272 g/mol. The summed E-state index contributed by atoms with van der Waals surface area (Å²) in [7, 11) is -3.58. The molecule has 18 heavy (non-hydrogen) atoms. The lowest BCUT2D eigenvalue weighted by molar-refractivity contribution is 0.251. The second-order valence-electron chi connectivity index (χ2n) is 4.97. The Morgan fingerprint density at radius 2 is 2.11 bits per heavy atom. The van der Waals surface area contributed by atoms with E-state index in [1.165, 1.54) is 6.07 Å². The van der Waals surface area contributed by atoms with Gasteiger partial charge in [-0.05, 0) is 43.9 Å². The van der Waals surface area contributed by atoms with Gasteiger partial charge < -0.3 is 5.73 Å². The van der Waals surface area contributed by atoms with Crippen LogP contribution in [-0.4, -0.2) is 20.5 Å². The highest BCUT2D eigenvalue weighted by atomic mass is 35.5. The smallest absolute Gasteiger partial charge is 0.242 e. The molecule has 0 radical (unpaired) electrons. The molecule has 0 amide bonds. The molecule has 0 unspecified atom stereocenters. The lowest BCUT2D eigenvalue weighted by atomic mass is 9.78. The van der Waals surface area contributed by atoms with Crippen molar-refractivity contribution in [2.75, 3.05) is 6.54 Å². The number of hydrogen-bond acceptors (Lipinski definition) is 3. The highest BCUT2D eigenvalue weighted by Crippen LogP contribution is 2.29. The molecule has 100 valence electrons. The highest BCUT2D eigenvalue weighted by Gasteiger charge is 2.34. The maximum atomic E-state index is 12.1. The van der Waals surface area contributed by atoms with Crippen molar-refractivity contribution in [3.05, 3.63) is 28.8 Å². The van der Waals surface area contributed by atoms with Crippen molar-refractivity contribution in [2.24, 2.45) is 5.73 Å². The van der Waals surface area contributed by atoms with Crippen LogP contribution in [0.5, 0.6) is 0 Å². The summed E-state index contributed by atoms with van der Waals surface area (Å²) in [6.45, 7) is 2.12. The van der Waals surface area contributed by atoms with Gasteiger partial charge in [-0.3, -0.25) is 0 Å². The molecule has 0 saturated heterocycles. The van der Waals surface area contributed by atoms with Gasteiger partial charge in [0.2, 0.25) is 10.0 Å². The fraction of sp³-hybridized carbons (Fsp3) is 0.500. The second-order valence-corrected chi connectivity index (χ2v) is 7.12. The van der Waals surface area contributed by atoms with Crippen molar-refractivity contribution in [3.8, 4) is 0 Å². The van der Waals surface area contributed by atoms with Crippen molar-refractivity contribution < 1.29 is 8.42 Å². The predicted molar refractivity (Wildman–Crippen MR) is 72.1 cm³/mol. The van der Waals surface area contributed by atoms with Crippen molar-refractivity contribution in [2.45, 2.75) is 36.6 Å². The molecule has 1 aromatic rings. The lowest BCUT2D eigenvalue weighted by Gasteiger charge is -2.38. The maximum absolute atomic E-state index is 12.1. The van der Waals surface area contributed by atoms with Crippen LogP contribution in [0.25, 0.3) is 0 Å². The third kappa shape index (κ3) is 2.85. The molecule has 0 bridgehead atoms. The summed E-state index contributed by atoms with van der Waals surface area (Å²) < 4.78 is 26.7. The van der Waals surface area contributed by atoms with E-state index < -0.39 is 10.0 Å². The van der Waals surface area contributed by atoms with Crippen LogP contribution in [0.3, 0.4) is 0 Å². The van der Waals surface area contributed by atoms with E-state index in [0.29, 0.717) is 0 Å². The summed E-state index contributed by atoms with van der Waals surface area (Å²) in [6, 6.07) is 4.88. The molecule has 0 aliphatic heterocycles. The minimum atomic E-state index is -3.58. The Bertz CT molecular complexity index is 553. The van der Waals surface area contributed by atoms with Gasteiger partial charge in [0.1, 0.15) is 4.90 Å². The number of benzene rings is 1. The van der Waals surface area contributed by atoms with Crippen LogP contribution in [0, 0.1) is 6.92 Å². The zero-order valence-electron chi connectivity index (χ0n) is 10.2. The van der Waals surface area contributed by atoms with Crippen molar-refractivity contribution in [1.82, 2.24) is 4.72 Å². The Labute approximate surface area is 113 Å². The third-order valence-electron chi connectivity index (χ3n) is 3.34. The molecule has 0 spiro atoms. The number of nitrogens with two attached hydrogens (primary N) is 1. The van der Waals surface area contributed by atoms with Crippen LogP contribution in [0.15, 0.2) is 23.1 Å². The first-order chi connectivity index (χ1) is 8.32. The van der Waals surface area contributed by atoms with E-state index in [1.807, 2.05) is 6.92 Å². The molecule has 4 nitrogen and oxygen atoms in total. The van der Waals surface area contributed by atoms with Gasteiger partial charge >= 0.3 is 0 Å². The molecular formula is C12H17ClN2O2S. The van der Waals surface area contributed by atoms with Gasteiger partial charge in [0.15, 0.2) is 0 Å². The van der Waals surface area contributed by atoms with E-state index in [4.69, 9.17) is 17.3 Å². The van der Waals surface area contributed by atoms with Crippen LogP contribution in [0.2, 0.25) is 5.02 Å².